The topological polar surface area (TPSA) is 17.1 Å². The van der Waals surface area contributed by atoms with Crippen LogP contribution in [-0.2, 0) is 4.79 Å². The summed E-state index contributed by atoms with van der Waals surface area (Å²) in [7, 11) is 0. The van der Waals surface area contributed by atoms with E-state index >= 15 is 0 Å². The molecule has 2 saturated carbocycles. The molecule has 1 nitrogen and oxygen atoms in total. The molecule has 0 saturated heterocycles. The highest BCUT2D eigenvalue weighted by molar-refractivity contribution is 5.52. The van der Waals surface area contributed by atoms with Crippen LogP contribution in [0.3, 0.4) is 0 Å². The summed E-state index contributed by atoms with van der Waals surface area (Å²) in [6.45, 7) is 12.1. The quantitative estimate of drug-likeness (QED) is 0.622. The second kappa shape index (κ2) is 5.81. The monoisotopic (exact) mass is 278 g/mol. The molecule has 0 spiro atoms. The van der Waals surface area contributed by atoms with Crippen LogP contribution in [0.5, 0.6) is 0 Å². The first-order chi connectivity index (χ1) is 9.31. The molecule has 5 atom stereocenters. The van der Waals surface area contributed by atoms with Gasteiger partial charge in [0.2, 0.25) is 0 Å². The van der Waals surface area contributed by atoms with Gasteiger partial charge in [-0.2, -0.15) is 0 Å². The minimum Gasteiger partial charge on any atom is -0.303 e. The van der Waals surface area contributed by atoms with Crippen LogP contribution in [0, 0.1) is 34.5 Å². The summed E-state index contributed by atoms with van der Waals surface area (Å²) in [6, 6.07) is 0. The number of aldehydes is 1. The molecule has 0 N–H and O–H groups in total. The van der Waals surface area contributed by atoms with Crippen molar-refractivity contribution in [1.82, 2.24) is 0 Å². The third-order valence-electron chi connectivity index (χ3n) is 6.89. The molecule has 116 valence electrons. The van der Waals surface area contributed by atoms with Crippen LogP contribution >= 0.6 is 0 Å². The van der Waals surface area contributed by atoms with Gasteiger partial charge in [0.1, 0.15) is 6.29 Å². The van der Waals surface area contributed by atoms with E-state index < -0.39 is 0 Å². The molecule has 0 aliphatic heterocycles. The maximum Gasteiger partial charge on any atom is 0.122 e. The second-order valence-corrected chi connectivity index (χ2v) is 8.75. The normalized spacial score (nSPS) is 41.8. The van der Waals surface area contributed by atoms with Crippen molar-refractivity contribution in [2.24, 2.45) is 34.5 Å². The van der Waals surface area contributed by atoms with Gasteiger partial charge in [-0.1, -0.05) is 47.5 Å². The second-order valence-electron chi connectivity index (χ2n) is 8.75. The average molecular weight is 278 g/mol. The van der Waals surface area contributed by atoms with Crippen LogP contribution in [0.1, 0.15) is 79.6 Å². The zero-order valence-electron chi connectivity index (χ0n) is 14.2. The Bertz CT molecular complexity index is 346. The molecule has 2 fully saturated rings. The predicted octanol–water partition coefficient (Wildman–Crippen LogP) is 5.48. The highest BCUT2D eigenvalue weighted by atomic mass is 16.1. The third-order valence-corrected chi connectivity index (χ3v) is 6.89. The molecule has 0 radical (unpaired) electrons. The molecular formula is C19H34O. The van der Waals surface area contributed by atoms with Crippen molar-refractivity contribution in [2.45, 2.75) is 79.6 Å². The molecule has 2 rings (SSSR count). The smallest absolute Gasteiger partial charge is 0.122 e. The first-order valence-corrected chi connectivity index (χ1v) is 8.76. The lowest BCUT2D eigenvalue weighted by Gasteiger charge is -2.59. The first-order valence-electron chi connectivity index (χ1n) is 8.76. The average Bonchev–Trinajstić information content (AvgIpc) is 2.36. The fourth-order valence-corrected chi connectivity index (χ4v) is 5.74. The van der Waals surface area contributed by atoms with Gasteiger partial charge in [-0.15, -0.1) is 0 Å². The van der Waals surface area contributed by atoms with E-state index in [9.17, 15) is 4.79 Å². The highest BCUT2D eigenvalue weighted by Gasteiger charge is 2.53. The van der Waals surface area contributed by atoms with Gasteiger partial charge < -0.3 is 4.79 Å². The predicted molar refractivity (Wildman–Crippen MR) is 85.6 cm³/mol. The SMILES string of the molecule is CC(C=O)CC[C@H]1C(C)CCC2C(C)(C)CCC[C@@]21C. The van der Waals surface area contributed by atoms with E-state index in [4.69, 9.17) is 0 Å². The van der Waals surface area contributed by atoms with Crippen LogP contribution in [0.25, 0.3) is 0 Å². The van der Waals surface area contributed by atoms with E-state index in [1.165, 1.54) is 38.5 Å². The van der Waals surface area contributed by atoms with Crippen LogP contribution in [0.4, 0.5) is 0 Å². The van der Waals surface area contributed by atoms with Gasteiger partial charge in [-0.3, -0.25) is 0 Å². The van der Waals surface area contributed by atoms with Gasteiger partial charge in [-0.25, -0.2) is 0 Å². The van der Waals surface area contributed by atoms with Gasteiger partial charge in [0, 0.05) is 5.92 Å². The Balaban J connectivity index is 2.17. The maximum atomic E-state index is 10.9. The number of hydrogen-bond acceptors (Lipinski definition) is 1. The van der Waals surface area contributed by atoms with Crippen LogP contribution in [0.2, 0.25) is 0 Å². The first kappa shape index (κ1) is 16.0. The van der Waals surface area contributed by atoms with E-state index in [0.717, 1.165) is 30.5 Å². The Kier molecular flexibility index (Phi) is 4.66. The lowest BCUT2D eigenvalue weighted by atomic mass is 9.46. The van der Waals surface area contributed by atoms with Crippen molar-refractivity contribution in [2.75, 3.05) is 0 Å². The van der Waals surface area contributed by atoms with Crippen molar-refractivity contribution >= 4 is 6.29 Å². The van der Waals surface area contributed by atoms with Crippen molar-refractivity contribution in [3.8, 4) is 0 Å². The molecule has 1 heteroatoms. The molecular weight excluding hydrogens is 244 g/mol. The summed E-state index contributed by atoms with van der Waals surface area (Å²) in [5, 5.41) is 0. The molecule has 0 bridgehead atoms. The van der Waals surface area contributed by atoms with E-state index in [-0.39, 0.29) is 5.92 Å². The van der Waals surface area contributed by atoms with Crippen molar-refractivity contribution < 1.29 is 4.79 Å². The molecule has 0 amide bonds. The fraction of sp³-hybridized carbons (Fsp3) is 0.947. The number of carbonyl (C=O) groups excluding carboxylic acids is 1. The Labute approximate surface area is 125 Å². The Hall–Kier alpha value is -0.330. The van der Waals surface area contributed by atoms with Gasteiger partial charge >= 0.3 is 0 Å². The fourth-order valence-electron chi connectivity index (χ4n) is 5.74. The van der Waals surface area contributed by atoms with E-state index in [0.29, 0.717) is 10.8 Å². The standard InChI is InChI=1S/C19H34O/c1-14(13-20)7-9-16-15(2)8-10-17-18(3,4)11-6-12-19(16,17)5/h13-17H,6-12H2,1-5H3/t14?,15?,16-,17?,19+/m0/s1. The lowest BCUT2D eigenvalue weighted by Crippen LogP contribution is -2.51. The highest BCUT2D eigenvalue weighted by Crippen LogP contribution is 2.62. The number of carbonyl (C=O) groups is 1. The lowest BCUT2D eigenvalue weighted by molar-refractivity contribution is -0.112. The van der Waals surface area contributed by atoms with Crippen LogP contribution in [0.15, 0.2) is 0 Å². The molecule has 20 heavy (non-hydrogen) atoms. The van der Waals surface area contributed by atoms with Gasteiger partial charge in [0.05, 0.1) is 0 Å². The zero-order valence-corrected chi connectivity index (χ0v) is 14.2. The van der Waals surface area contributed by atoms with E-state index in [1.54, 1.807) is 0 Å². The van der Waals surface area contributed by atoms with Crippen molar-refractivity contribution in [1.29, 1.82) is 0 Å². The largest absolute Gasteiger partial charge is 0.303 e. The zero-order chi connectivity index (χ0) is 15.0. The summed E-state index contributed by atoms with van der Waals surface area (Å²) < 4.78 is 0. The molecule has 0 aromatic carbocycles. The Morgan fingerprint density at radius 2 is 1.90 bits per heavy atom. The van der Waals surface area contributed by atoms with Gasteiger partial charge in [-0.05, 0) is 60.7 Å². The van der Waals surface area contributed by atoms with E-state index in [1.807, 2.05) is 0 Å². The van der Waals surface area contributed by atoms with Gasteiger partial charge in [0.15, 0.2) is 0 Å². The molecule has 3 unspecified atom stereocenters. The summed E-state index contributed by atoms with van der Waals surface area (Å²) in [5.74, 6) is 2.78. The molecule has 0 heterocycles. The molecule has 0 aromatic heterocycles. The maximum absolute atomic E-state index is 10.9. The van der Waals surface area contributed by atoms with Crippen LogP contribution < -0.4 is 0 Å². The number of hydrogen-bond donors (Lipinski definition) is 0. The third kappa shape index (κ3) is 2.83. The Morgan fingerprint density at radius 1 is 1.20 bits per heavy atom. The summed E-state index contributed by atoms with van der Waals surface area (Å²) >= 11 is 0. The minimum absolute atomic E-state index is 0.239. The summed E-state index contributed by atoms with van der Waals surface area (Å²) in [5.41, 5.74) is 1.03. The molecule has 0 aromatic rings. The van der Waals surface area contributed by atoms with Crippen molar-refractivity contribution in [3.05, 3.63) is 0 Å². The summed E-state index contributed by atoms with van der Waals surface area (Å²) in [4.78, 5) is 10.9. The van der Waals surface area contributed by atoms with E-state index in [2.05, 4.69) is 34.6 Å². The summed E-state index contributed by atoms with van der Waals surface area (Å²) in [6.07, 6.45) is 10.5. The number of rotatable bonds is 4. The van der Waals surface area contributed by atoms with Crippen LogP contribution in [-0.4, -0.2) is 6.29 Å². The molecule has 2 aliphatic rings. The molecule has 2 aliphatic carbocycles. The van der Waals surface area contributed by atoms with Gasteiger partial charge in [0.25, 0.3) is 0 Å². The minimum atomic E-state index is 0.239. The van der Waals surface area contributed by atoms with Crippen molar-refractivity contribution in [3.63, 3.8) is 0 Å². The number of fused-ring (bicyclic) bond motifs is 1. The Morgan fingerprint density at radius 3 is 2.55 bits per heavy atom.